The number of fused-ring (bicyclic) bond motifs is 6. The predicted octanol–water partition coefficient (Wildman–Crippen LogP) is 2.52. The molecule has 3 unspecified atom stereocenters. The standard InChI is InChI=1S/C21H20N4O5/c1-11(2)19(26)22-10-12-9-17(22)18-20(27)24(21(28)23(12)18)15-7-8-16(25(29)30)14-6-4-3-5-13(14)15/h3-8,11-12,17-18H,9-10H2,1-2H3. The Bertz CT molecular complexity index is 1130. The SMILES string of the molecule is CC(C)C(=O)N1CC2CC1C1C(=O)N(c3ccc([N+](=O)[O-])c4ccccc34)C(=O)N21. The van der Waals surface area contributed by atoms with Crippen molar-refractivity contribution < 1.29 is 19.3 Å². The Hall–Kier alpha value is -3.49. The number of hydrogen-bond donors (Lipinski definition) is 0. The van der Waals surface area contributed by atoms with Gasteiger partial charge in [-0.2, -0.15) is 0 Å². The van der Waals surface area contributed by atoms with Crippen LogP contribution in [0.4, 0.5) is 16.2 Å². The van der Waals surface area contributed by atoms with Crippen LogP contribution in [0.5, 0.6) is 0 Å². The van der Waals surface area contributed by atoms with Crippen LogP contribution in [0.1, 0.15) is 20.3 Å². The molecular formula is C21H20N4O5. The number of imide groups is 1. The Morgan fingerprint density at radius 2 is 1.83 bits per heavy atom. The van der Waals surface area contributed by atoms with Crippen molar-refractivity contribution in [2.75, 3.05) is 11.4 Å². The molecule has 154 valence electrons. The second kappa shape index (κ2) is 6.25. The molecule has 3 saturated heterocycles. The molecule has 0 aromatic heterocycles. The second-order valence-corrected chi connectivity index (χ2v) is 8.32. The van der Waals surface area contributed by atoms with Gasteiger partial charge in [0, 0.05) is 23.9 Å². The zero-order valence-corrected chi connectivity index (χ0v) is 16.5. The fourth-order valence-electron chi connectivity index (χ4n) is 5.09. The lowest BCUT2D eigenvalue weighted by atomic mass is 10.0. The summed E-state index contributed by atoms with van der Waals surface area (Å²) >= 11 is 0. The summed E-state index contributed by atoms with van der Waals surface area (Å²) in [5, 5.41) is 12.2. The van der Waals surface area contributed by atoms with Crippen LogP contribution in [-0.2, 0) is 9.59 Å². The highest BCUT2D eigenvalue weighted by Crippen LogP contribution is 2.44. The van der Waals surface area contributed by atoms with Crippen molar-refractivity contribution in [1.29, 1.82) is 0 Å². The van der Waals surface area contributed by atoms with E-state index in [4.69, 9.17) is 0 Å². The summed E-state index contributed by atoms with van der Waals surface area (Å²) in [6.45, 7) is 4.08. The minimum Gasteiger partial charge on any atom is -0.335 e. The molecule has 0 aliphatic carbocycles. The molecule has 0 saturated carbocycles. The molecule has 30 heavy (non-hydrogen) atoms. The van der Waals surface area contributed by atoms with Gasteiger partial charge in [0.1, 0.15) is 6.04 Å². The maximum atomic E-state index is 13.4. The topological polar surface area (TPSA) is 104 Å². The van der Waals surface area contributed by atoms with Gasteiger partial charge in [-0.1, -0.05) is 32.0 Å². The summed E-state index contributed by atoms with van der Waals surface area (Å²) in [5.41, 5.74) is 0.254. The number of amides is 4. The summed E-state index contributed by atoms with van der Waals surface area (Å²) in [7, 11) is 0. The summed E-state index contributed by atoms with van der Waals surface area (Å²) in [6.07, 6.45) is 0.607. The number of urea groups is 1. The number of benzene rings is 2. The molecule has 3 aliphatic rings. The highest BCUT2D eigenvalue weighted by molar-refractivity contribution is 6.25. The Kier molecular flexibility index (Phi) is 3.86. The molecule has 0 spiro atoms. The molecule has 3 aliphatic heterocycles. The average molecular weight is 408 g/mol. The van der Waals surface area contributed by atoms with Crippen molar-refractivity contribution in [1.82, 2.24) is 9.80 Å². The number of nitrogens with zero attached hydrogens (tertiary/aromatic N) is 4. The molecule has 9 nitrogen and oxygen atoms in total. The minimum absolute atomic E-state index is 0.0124. The number of nitro benzene ring substituents is 1. The monoisotopic (exact) mass is 408 g/mol. The smallest absolute Gasteiger partial charge is 0.332 e. The third kappa shape index (κ3) is 2.31. The lowest BCUT2D eigenvalue weighted by Crippen LogP contribution is -2.55. The van der Waals surface area contributed by atoms with Crippen LogP contribution in [0.15, 0.2) is 36.4 Å². The molecule has 5 rings (SSSR count). The lowest BCUT2D eigenvalue weighted by molar-refractivity contribution is -0.383. The van der Waals surface area contributed by atoms with E-state index in [1.165, 1.54) is 12.1 Å². The number of carbonyl (C=O) groups excluding carboxylic acids is 3. The van der Waals surface area contributed by atoms with Crippen molar-refractivity contribution >= 4 is 40.0 Å². The number of anilines is 1. The van der Waals surface area contributed by atoms with Gasteiger partial charge in [-0.25, -0.2) is 9.69 Å². The highest BCUT2D eigenvalue weighted by atomic mass is 16.6. The maximum Gasteiger partial charge on any atom is 0.332 e. The molecule has 3 heterocycles. The summed E-state index contributed by atoms with van der Waals surface area (Å²) in [6, 6.07) is 7.82. The maximum absolute atomic E-state index is 13.4. The average Bonchev–Trinajstić information content (AvgIpc) is 3.38. The van der Waals surface area contributed by atoms with E-state index in [1.807, 2.05) is 13.8 Å². The van der Waals surface area contributed by atoms with Crippen LogP contribution >= 0.6 is 0 Å². The van der Waals surface area contributed by atoms with Gasteiger partial charge in [0.15, 0.2) is 0 Å². The predicted molar refractivity (Wildman–Crippen MR) is 108 cm³/mol. The van der Waals surface area contributed by atoms with Gasteiger partial charge in [0.05, 0.1) is 28.1 Å². The molecule has 0 radical (unpaired) electrons. The fraction of sp³-hybridized carbons (Fsp3) is 0.381. The van der Waals surface area contributed by atoms with Crippen molar-refractivity contribution in [3.63, 3.8) is 0 Å². The molecule has 3 atom stereocenters. The fourth-order valence-corrected chi connectivity index (χ4v) is 5.09. The van der Waals surface area contributed by atoms with Crippen LogP contribution in [-0.4, -0.2) is 57.2 Å². The highest BCUT2D eigenvalue weighted by Gasteiger charge is 2.63. The molecule has 4 amide bonds. The first-order chi connectivity index (χ1) is 14.3. The summed E-state index contributed by atoms with van der Waals surface area (Å²) in [4.78, 5) is 54.6. The third-order valence-corrected chi connectivity index (χ3v) is 6.36. The number of nitro groups is 1. The van der Waals surface area contributed by atoms with Gasteiger partial charge in [-0.05, 0) is 18.6 Å². The number of likely N-dealkylation sites (tertiary alicyclic amines) is 1. The van der Waals surface area contributed by atoms with E-state index in [9.17, 15) is 24.5 Å². The van der Waals surface area contributed by atoms with E-state index in [2.05, 4.69) is 0 Å². The second-order valence-electron chi connectivity index (χ2n) is 8.32. The van der Waals surface area contributed by atoms with Crippen LogP contribution < -0.4 is 4.90 Å². The Morgan fingerprint density at radius 1 is 1.13 bits per heavy atom. The van der Waals surface area contributed by atoms with Gasteiger partial charge < -0.3 is 9.80 Å². The van der Waals surface area contributed by atoms with E-state index in [1.54, 1.807) is 34.1 Å². The zero-order chi connectivity index (χ0) is 21.3. The first-order valence-electron chi connectivity index (χ1n) is 9.94. The Balaban J connectivity index is 1.57. The van der Waals surface area contributed by atoms with Crippen LogP contribution in [0.2, 0.25) is 0 Å². The molecule has 3 fully saturated rings. The van der Waals surface area contributed by atoms with Gasteiger partial charge in [0.25, 0.3) is 11.6 Å². The quantitative estimate of drug-likeness (QED) is 0.441. The van der Waals surface area contributed by atoms with E-state index < -0.39 is 17.0 Å². The lowest BCUT2D eigenvalue weighted by Gasteiger charge is -2.35. The normalized spacial score (nSPS) is 25.0. The van der Waals surface area contributed by atoms with E-state index >= 15 is 0 Å². The first kappa shape index (κ1) is 18.5. The first-order valence-corrected chi connectivity index (χ1v) is 9.94. The summed E-state index contributed by atoms with van der Waals surface area (Å²) < 4.78 is 0. The summed E-state index contributed by atoms with van der Waals surface area (Å²) in [5.74, 6) is -0.575. The number of carbonyl (C=O) groups is 3. The van der Waals surface area contributed by atoms with Crippen molar-refractivity contribution in [2.45, 2.75) is 38.4 Å². The Morgan fingerprint density at radius 3 is 2.50 bits per heavy atom. The van der Waals surface area contributed by atoms with Gasteiger partial charge >= 0.3 is 6.03 Å². The molecule has 0 N–H and O–H groups in total. The van der Waals surface area contributed by atoms with Gasteiger partial charge in [0.2, 0.25) is 5.91 Å². The number of rotatable bonds is 3. The van der Waals surface area contributed by atoms with Crippen LogP contribution in [0.25, 0.3) is 10.8 Å². The van der Waals surface area contributed by atoms with Gasteiger partial charge in [-0.15, -0.1) is 0 Å². The number of piperazine rings is 1. The van der Waals surface area contributed by atoms with Crippen molar-refractivity contribution in [2.24, 2.45) is 5.92 Å². The Labute approximate surface area is 172 Å². The molecule has 2 aromatic carbocycles. The van der Waals surface area contributed by atoms with Crippen LogP contribution in [0.3, 0.4) is 0 Å². The van der Waals surface area contributed by atoms with Crippen LogP contribution in [0, 0.1) is 16.0 Å². The number of non-ortho nitro benzene ring substituents is 1. The van der Waals surface area contributed by atoms with Crippen molar-refractivity contribution in [3.8, 4) is 0 Å². The molecule has 2 bridgehead atoms. The van der Waals surface area contributed by atoms with Crippen molar-refractivity contribution in [3.05, 3.63) is 46.5 Å². The molecular weight excluding hydrogens is 388 g/mol. The zero-order valence-electron chi connectivity index (χ0n) is 16.5. The molecule has 2 aromatic rings. The third-order valence-electron chi connectivity index (χ3n) is 6.36. The molecule has 9 heteroatoms. The van der Waals surface area contributed by atoms with E-state index in [0.29, 0.717) is 29.4 Å². The number of hydrogen-bond acceptors (Lipinski definition) is 5. The van der Waals surface area contributed by atoms with E-state index in [0.717, 1.165) is 4.90 Å². The minimum atomic E-state index is -0.701. The largest absolute Gasteiger partial charge is 0.335 e. The van der Waals surface area contributed by atoms with E-state index in [-0.39, 0.29) is 35.5 Å². The van der Waals surface area contributed by atoms with Gasteiger partial charge in [-0.3, -0.25) is 19.7 Å².